The van der Waals surface area contributed by atoms with Gasteiger partial charge in [0.2, 0.25) is 0 Å². The standard InChI is InChI=1S/C12H18F2O4S/c13-12(14,19(15,16)17)6-18-11-9-2-7-1-8(4-9)5-10(11)3-7/h7-11H,1-6H2,(H,15,16,17). The molecular formula is C12H18F2O4S. The first-order chi connectivity index (χ1) is 8.76. The summed E-state index contributed by atoms with van der Waals surface area (Å²) in [4.78, 5) is 0. The highest BCUT2D eigenvalue weighted by atomic mass is 32.2. The Morgan fingerprint density at radius 2 is 1.53 bits per heavy atom. The molecule has 0 aliphatic heterocycles. The molecule has 4 nitrogen and oxygen atoms in total. The van der Waals surface area contributed by atoms with E-state index in [0.717, 1.165) is 25.7 Å². The molecule has 4 aliphatic carbocycles. The summed E-state index contributed by atoms with van der Waals surface area (Å²) in [5.41, 5.74) is 0. The van der Waals surface area contributed by atoms with Crippen molar-refractivity contribution in [2.75, 3.05) is 6.61 Å². The minimum Gasteiger partial charge on any atom is -0.370 e. The lowest BCUT2D eigenvalue weighted by Gasteiger charge is -2.54. The van der Waals surface area contributed by atoms with E-state index in [9.17, 15) is 17.2 Å². The maximum atomic E-state index is 13.2. The topological polar surface area (TPSA) is 63.6 Å². The molecule has 4 bridgehead atoms. The van der Waals surface area contributed by atoms with Gasteiger partial charge >= 0.3 is 15.4 Å². The van der Waals surface area contributed by atoms with Crippen molar-refractivity contribution < 1.29 is 26.5 Å². The fraction of sp³-hybridized carbons (Fsp3) is 1.00. The Morgan fingerprint density at radius 1 is 1.05 bits per heavy atom. The van der Waals surface area contributed by atoms with E-state index < -0.39 is 22.0 Å². The van der Waals surface area contributed by atoms with Crippen molar-refractivity contribution in [2.45, 2.75) is 43.5 Å². The number of alkyl halides is 2. The van der Waals surface area contributed by atoms with Crippen LogP contribution in [0.2, 0.25) is 0 Å². The summed E-state index contributed by atoms with van der Waals surface area (Å²) in [5, 5.41) is -4.21. The minimum atomic E-state index is -5.39. The zero-order chi connectivity index (χ0) is 13.8. The van der Waals surface area contributed by atoms with E-state index in [1.54, 1.807) is 0 Å². The van der Waals surface area contributed by atoms with Crippen LogP contribution >= 0.6 is 0 Å². The van der Waals surface area contributed by atoms with Crippen LogP contribution in [0.15, 0.2) is 0 Å². The molecule has 0 aromatic heterocycles. The van der Waals surface area contributed by atoms with Gasteiger partial charge in [0, 0.05) is 0 Å². The maximum Gasteiger partial charge on any atom is 0.392 e. The van der Waals surface area contributed by atoms with Gasteiger partial charge in [-0.15, -0.1) is 0 Å². The molecule has 4 saturated carbocycles. The van der Waals surface area contributed by atoms with E-state index >= 15 is 0 Å². The van der Waals surface area contributed by atoms with Gasteiger partial charge in [-0.05, 0) is 55.8 Å². The Hall–Kier alpha value is -0.270. The zero-order valence-electron chi connectivity index (χ0n) is 10.5. The monoisotopic (exact) mass is 296 g/mol. The summed E-state index contributed by atoms with van der Waals surface area (Å²) in [6.45, 7) is -1.24. The van der Waals surface area contributed by atoms with Crippen molar-refractivity contribution in [3.8, 4) is 0 Å². The third-order valence-corrected chi connectivity index (χ3v) is 5.83. The Balaban J connectivity index is 1.65. The van der Waals surface area contributed by atoms with Gasteiger partial charge in [0.1, 0.15) is 6.61 Å². The number of hydrogen-bond donors (Lipinski definition) is 1. The Bertz CT molecular complexity index is 434. The first-order valence-electron chi connectivity index (χ1n) is 6.73. The average molecular weight is 296 g/mol. The van der Waals surface area contributed by atoms with Crippen LogP contribution < -0.4 is 0 Å². The summed E-state index contributed by atoms with van der Waals surface area (Å²) < 4.78 is 61.2. The largest absolute Gasteiger partial charge is 0.392 e. The predicted octanol–water partition coefficient (Wildman–Crippen LogP) is 2.31. The molecule has 0 radical (unpaired) electrons. The smallest absolute Gasteiger partial charge is 0.370 e. The Kier molecular flexibility index (Phi) is 3.15. The van der Waals surface area contributed by atoms with Gasteiger partial charge in [0.15, 0.2) is 0 Å². The van der Waals surface area contributed by atoms with E-state index in [-0.39, 0.29) is 17.9 Å². The van der Waals surface area contributed by atoms with E-state index in [2.05, 4.69) is 0 Å². The minimum absolute atomic E-state index is 0.263. The van der Waals surface area contributed by atoms with Crippen LogP contribution in [0, 0.1) is 23.7 Å². The fourth-order valence-electron chi connectivity index (χ4n) is 4.42. The van der Waals surface area contributed by atoms with Gasteiger partial charge in [-0.1, -0.05) is 0 Å². The molecule has 0 aromatic carbocycles. The van der Waals surface area contributed by atoms with Crippen LogP contribution in [0.5, 0.6) is 0 Å². The molecule has 0 saturated heterocycles. The lowest BCUT2D eigenvalue weighted by molar-refractivity contribution is -0.151. The maximum absolute atomic E-state index is 13.2. The molecule has 19 heavy (non-hydrogen) atoms. The predicted molar refractivity (Wildman–Crippen MR) is 63.3 cm³/mol. The van der Waals surface area contributed by atoms with Crippen LogP contribution in [0.4, 0.5) is 8.78 Å². The van der Waals surface area contributed by atoms with Crippen molar-refractivity contribution in [2.24, 2.45) is 23.7 Å². The molecule has 4 aliphatic rings. The summed E-state index contributed by atoms with van der Waals surface area (Å²) in [7, 11) is -5.39. The molecule has 4 fully saturated rings. The number of ether oxygens (including phenoxy) is 1. The molecule has 7 heteroatoms. The molecule has 0 aromatic rings. The Morgan fingerprint density at radius 3 is 1.95 bits per heavy atom. The third-order valence-electron chi connectivity index (χ3n) is 4.96. The molecule has 0 unspecified atom stereocenters. The molecule has 0 heterocycles. The van der Waals surface area contributed by atoms with E-state index in [0.29, 0.717) is 11.8 Å². The summed E-state index contributed by atoms with van der Waals surface area (Å²) in [6, 6.07) is 0. The van der Waals surface area contributed by atoms with Crippen molar-refractivity contribution in [3.63, 3.8) is 0 Å². The number of rotatable bonds is 4. The molecule has 4 rings (SSSR count). The van der Waals surface area contributed by atoms with Gasteiger partial charge in [0.25, 0.3) is 0 Å². The zero-order valence-corrected chi connectivity index (χ0v) is 11.3. The quantitative estimate of drug-likeness (QED) is 0.809. The molecular weight excluding hydrogens is 278 g/mol. The third kappa shape index (κ3) is 2.40. The van der Waals surface area contributed by atoms with E-state index in [1.165, 1.54) is 6.42 Å². The first kappa shape index (κ1) is 13.7. The fourth-order valence-corrected chi connectivity index (χ4v) is 4.63. The van der Waals surface area contributed by atoms with Crippen molar-refractivity contribution in [3.05, 3.63) is 0 Å². The van der Waals surface area contributed by atoms with Crippen LogP contribution in [0.25, 0.3) is 0 Å². The molecule has 0 atom stereocenters. The molecule has 0 amide bonds. The molecule has 1 N–H and O–H groups in total. The Labute approximate surface area is 111 Å². The van der Waals surface area contributed by atoms with Crippen molar-refractivity contribution >= 4 is 10.1 Å². The number of hydrogen-bond acceptors (Lipinski definition) is 3. The van der Waals surface area contributed by atoms with E-state index in [1.807, 2.05) is 0 Å². The second kappa shape index (κ2) is 4.36. The van der Waals surface area contributed by atoms with Gasteiger partial charge in [-0.2, -0.15) is 17.2 Å². The van der Waals surface area contributed by atoms with Crippen LogP contribution in [0.3, 0.4) is 0 Å². The van der Waals surface area contributed by atoms with Gasteiger partial charge in [0.05, 0.1) is 6.10 Å². The van der Waals surface area contributed by atoms with Gasteiger partial charge in [-0.3, -0.25) is 4.55 Å². The summed E-state index contributed by atoms with van der Waals surface area (Å²) in [5.74, 6) is 1.97. The molecule has 110 valence electrons. The summed E-state index contributed by atoms with van der Waals surface area (Å²) in [6.07, 6.45) is 5.02. The first-order valence-corrected chi connectivity index (χ1v) is 8.17. The van der Waals surface area contributed by atoms with Crippen molar-refractivity contribution in [1.82, 2.24) is 0 Å². The average Bonchev–Trinajstić information content (AvgIpc) is 2.25. The van der Waals surface area contributed by atoms with Gasteiger partial charge in [-0.25, -0.2) is 0 Å². The highest BCUT2D eigenvalue weighted by Gasteiger charge is 2.51. The second-order valence-corrected chi connectivity index (χ2v) is 7.87. The van der Waals surface area contributed by atoms with Crippen LogP contribution in [0.1, 0.15) is 32.1 Å². The lowest BCUT2D eigenvalue weighted by atomic mass is 9.55. The highest BCUT2D eigenvalue weighted by Crippen LogP contribution is 2.54. The number of halogens is 2. The summed E-state index contributed by atoms with van der Waals surface area (Å²) >= 11 is 0. The molecule has 0 spiro atoms. The van der Waals surface area contributed by atoms with Crippen molar-refractivity contribution in [1.29, 1.82) is 0 Å². The van der Waals surface area contributed by atoms with E-state index in [4.69, 9.17) is 9.29 Å². The lowest BCUT2D eigenvalue weighted by Crippen LogP contribution is -2.50. The highest BCUT2D eigenvalue weighted by molar-refractivity contribution is 7.86. The van der Waals surface area contributed by atoms with Gasteiger partial charge < -0.3 is 4.74 Å². The van der Waals surface area contributed by atoms with Crippen LogP contribution in [-0.2, 0) is 14.9 Å². The van der Waals surface area contributed by atoms with Crippen LogP contribution in [-0.4, -0.2) is 30.9 Å². The second-order valence-electron chi connectivity index (χ2n) is 6.32. The normalized spacial score (nSPS) is 41.7. The SMILES string of the molecule is O=S(=O)(O)C(F)(F)COC1C2CC3CC(C2)CC1C3.